The fourth-order valence-electron chi connectivity index (χ4n) is 2.33. The number of H-pyrrole nitrogens is 1. The van der Waals surface area contributed by atoms with E-state index in [1.807, 2.05) is 6.92 Å². The first-order valence-corrected chi connectivity index (χ1v) is 9.11. The Balaban J connectivity index is 2.30. The molecule has 1 aromatic carbocycles. The first kappa shape index (κ1) is 20.3. The Morgan fingerprint density at radius 3 is 2.78 bits per heavy atom. The second-order valence-electron chi connectivity index (χ2n) is 5.61. The SMILES string of the molecule is CCc1c(C)nc(SC/C(=N\NC(C)=O)c2cccc([N+](=O)[O-])c2)[nH]c1=O. The summed E-state index contributed by atoms with van der Waals surface area (Å²) in [5.74, 6) is -0.118. The number of hydrazone groups is 1. The number of nitrogens with zero attached hydrogens (tertiary/aromatic N) is 3. The van der Waals surface area contributed by atoms with E-state index < -0.39 is 4.92 Å². The Labute approximate surface area is 159 Å². The van der Waals surface area contributed by atoms with E-state index in [1.54, 1.807) is 19.1 Å². The molecular formula is C17H19N5O4S. The van der Waals surface area contributed by atoms with Gasteiger partial charge in [-0.25, -0.2) is 10.4 Å². The van der Waals surface area contributed by atoms with Crippen molar-refractivity contribution in [2.75, 3.05) is 5.75 Å². The molecule has 2 N–H and O–H groups in total. The third-order valence-electron chi connectivity index (χ3n) is 3.64. The summed E-state index contributed by atoms with van der Waals surface area (Å²) in [5, 5.41) is 15.5. The highest BCUT2D eigenvalue weighted by Gasteiger charge is 2.13. The number of hydrogen-bond donors (Lipinski definition) is 2. The number of aryl methyl sites for hydroxylation is 1. The van der Waals surface area contributed by atoms with Gasteiger partial charge >= 0.3 is 0 Å². The Morgan fingerprint density at radius 1 is 1.44 bits per heavy atom. The minimum Gasteiger partial charge on any atom is -0.301 e. The number of carbonyl (C=O) groups excluding carboxylic acids is 1. The van der Waals surface area contributed by atoms with Gasteiger partial charge in [-0.15, -0.1) is 0 Å². The number of benzene rings is 1. The molecule has 0 aliphatic carbocycles. The van der Waals surface area contributed by atoms with Gasteiger partial charge in [0.1, 0.15) is 0 Å². The van der Waals surface area contributed by atoms with Gasteiger partial charge in [-0.05, 0) is 13.3 Å². The maximum absolute atomic E-state index is 12.1. The Bertz CT molecular complexity index is 955. The van der Waals surface area contributed by atoms with Gasteiger partial charge in [0.05, 0.1) is 10.6 Å². The second kappa shape index (κ2) is 9.08. The van der Waals surface area contributed by atoms with Crippen LogP contribution in [-0.2, 0) is 11.2 Å². The van der Waals surface area contributed by atoms with Gasteiger partial charge in [-0.2, -0.15) is 5.10 Å². The highest BCUT2D eigenvalue weighted by molar-refractivity contribution is 7.99. The zero-order valence-corrected chi connectivity index (χ0v) is 15.9. The van der Waals surface area contributed by atoms with E-state index in [4.69, 9.17) is 0 Å². The number of carbonyl (C=O) groups is 1. The average molecular weight is 389 g/mol. The molecule has 9 nitrogen and oxygen atoms in total. The fraction of sp³-hybridized carbons (Fsp3) is 0.294. The predicted molar refractivity (Wildman–Crippen MR) is 103 cm³/mol. The van der Waals surface area contributed by atoms with Crippen molar-refractivity contribution in [3.05, 3.63) is 61.6 Å². The number of aromatic nitrogens is 2. The molecule has 10 heteroatoms. The van der Waals surface area contributed by atoms with Gasteiger partial charge in [0.15, 0.2) is 5.16 Å². The monoisotopic (exact) mass is 389 g/mol. The van der Waals surface area contributed by atoms with E-state index in [0.717, 1.165) is 0 Å². The number of amides is 1. The molecule has 0 aliphatic heterocycles. The Hall–Kier alpha value is -3.01. The summed E-state index contributed by atoms with van der Waals surface area (Å²) in [6.07, 6.45) is 0.585. The summed E-state index contributed by atoms with van der Waals surface area (Å²) in [7, 11) is 0. The number of thioether (sulfide) groups is 1. The van der Waals surface area contributed by atoms with E-state index in [-0.39, 0.29) is 22.9 Å². The van der Waals surface area contributed by atoms with Crippen LogP contribution in [0.25, 0.3) is 0 Å². The first-order valence-electron chi connectivity index (χ1n) is 8.12. The number of rotatable bonds is 7. The molecule has 1 aromatic heterocycles. The molecule has 0 atom stereocenters. The molecule has 27 heavy (non-hydrogen) atoms. The standard InChI is InChI=1S/C17H19N5O4S/c1-4-14-10(2)18-17(19-16(14)24)27-9-15(21-20-11(3)23)12-6-5-7-13(8-12)22(25)26/h5-8H,4,9H2,1-3H3,(H,20,23)(H,18,19,24)/b21-15+. The second-order valence-corrected chi connectivity index (χ2v) is 6.58. The normalized spacial score (nSPS) is 11.3. The molecule has 0 spiro atoms. The summed E-state index contributed by atoms with van der Waals surface area (Å²) in [5.41, 5.74) is 4.26. The molecule has 0 fully saturated rings. The molecule has 0 bridgehead atoms. The Morgan fingerprint density at radius 2 is 2.19 bits per heavy atom. The maximum atomic E-state index is 12.1. The molecule has 1 amide bonds. The summed E-state index contributed by atoms with van der Waals surface area (Å²) >= 11 is 1.22. The summed E-state index contributed by atoms with van der Waals surface area (Å²) in [6.45, 7) is 4.96. The molecule has 2 aromatic rings. The number of hydrogen-bond acceptors (Lipinski definition) is 7. The maximum Gasteiger partial charge on any atom is 0.270 e. The summed E-state index contributed by atoms with van der Waals surface area (Å²) in [6, 6.07) is 5.96. The van der Waals surface area contributed by atoms with Crippen LogP contribution >= 0.6 is 11.8 Å². The molecule has 2 rings (SSSR count). The van der Waals surface area contributed by atoms with Crippen molar-refractivity contribution in [3.63, 3.8) is 0 Å². The molecule has 142 valence electrons. The Kier molecular flexibility index (Phi) is 6.83. The van der Waals surface area contributed by atoms with Gasteiger partial charge in [-0.3, -0.25) is 19.7 Å². The summed E-state index contributed by atoms with van der Waals surface area (Å²) < 4.78 is 0. The minimum atomic E-state index is -0.501. The van der Waals surface area contributed by atoms with Gasteiger partial charge in [-0.1, -0.05) is 30.8 Å². The van der Waals surface area contributed by atoms with Crippen molar-refractivity contribution in [3.8, 4) is 0 Å². The van der Waals surface area contributed by atoms with Crippen LogP contribution in [-0.4, -0.2) is 32.3 Å². The van der Waals surface area contributed by atoms with E-state index in [0.29, 0.717) is 34.1 Å². The van der Waals surface area contributed by atoms with Crippen molar-refractivity contribution in [2.45, 2.75) is 32.3 Å². The van der Waals surface area contributed by atoms with Crippen molar-refractivity contribution in [1.29, 1.82) is 0 Å². The van der Waals surface area contributed by atoms with E-state index in [1.165, 1.54) is 30.8 Å². The topological polar surface area (TPSA) is 130 Å². The highest BCUT2D eigenvalue weighted by Crippen LogP contribution is 2.19. The molecule has 0 aliphatic rings. The molecule has 0 radical (unpaired) electrons. The van der Waals surface area contributed by atoms with Gasteiger partial charge < -0.3 is 4.98 Å². The van der Waals surface area contributed by atoms with Crippen LogP contribution in [0.15, 0.2) is 39.3 Å². The molecule has 0 unspecified atom stereocenters. The van der Waals surface area contributed by atoms with Crippen molar-refractivity contribution in [1.82, 2.24) is 15.4 Å². The molecule has 0 saturated heterocycles. The van der Waals surface area contributed by atoms with Crippen LogP contribution in [0.4, 0.5) is 5.69 Å². The minimum absolute atomic E-state index is 0.0808. The van der Waals surface area contributed by atoms with Crippen molar-refractivity contribution >= 4 is 29.1 Å². The lowest BCUT2D eigenvalue weighted by atomic mass is 10.1. The largest absolute Gasteiger partial charge is 0.301 e. The van der Waals surface area contributed by atoms with E-state index >= 15 is 0 Å². The molecule has 0 saturated carbocycles. The molecule has 1 heterocycles. The van der Waals surface area contributed by atoms with Crippen LogP contribution in [0.1, 0.15) is 30.7 Å². The number of nitro benzene ring substituents is 1. The predicted octanol–water partition coefficient (Wildman–Crippen LogP) is 2.18. The van der Waals surface area contributed by atoms with Crippen LogP contribution in [0, 0.1) is 17.0 Å². The van der Waals surface area contributed by atoms with Gasteiger partial charge in [0.25, 0.3) is 11.2 Å². The van der Waals surface area contributed by atoms with Crippen LogP contribution < -0.4 is 11.0 Å². The lowest BCUT2D eigenvalue weighted by molar-refractivity contribution is -0.384. The zero-order valence-electron chi connectivity index (χ0n) is 15.1. The number of aromatic amines is 1. The zero-order chi connectivity index (χ0) is 20.0. The lowest BCUT2D eigenvalue weighted by Gasteiger charge is -2.08. The van der Waals surface area contributed by atoms with E-state index in [2.05, 4.69) is 20.5 Å². The van der Waals surface area contributed by atoms with E-state index in [9.17, 15) is 19.7 Å². The van der Waals surface area contributed by atoms with Gasteiger partial charge in [0.2, 0.25) is 5.91 Å². The average Bonchev–Trinajstić information content (AvgIpc) is 2.61. The van der Waals surface area contributed by atoms with Crippen LogP contribution in [0.2, 0.25) is 0 Å². The highest BCUT2D eigenvalue weighted by atomic mass is 32.2. The van der Waals surface area contributed by atoms with Crippen LogP contribution in [0.3, 0.4) is 0 Å². The quantitative estimate of drug-likeness (QED) is 0.245. The van der Waals surface area contributed by atoms with Crippen LogP contribution in [0.5, 0.6) is 0 Å². The lowest BCUT2D eigenvalue weighted by Crippen LogP contribution is -2.19. The van der Waals surface area contributed by atoms with Gasteiger partial charge in [0, 0.05) is 41.6 Å². The number of non-ortho nitro benzene ring substituents is 1. The van der Waals surface area contributed by atoms with Crippen molar-refractivity contribution < 1.29 is 9.72 Å². The third kappa shape index (κ3) is 5.48. The first-order chi connectivity index (χ1) is 12.8. The third-order valence-corrected chi connectivity index (χ3v) is 4.52. The fourth-order valence-corrected chi connectivity index (χ4v) is 3.20. The molecular weight excluding hydrogens is 370 g/mol. The van der Waals surface area contributed by atoms with Crippen molar-refractivity contribution in [2.24, 2.45) is 5.10 Å². The number of nitrogens with one attached hydrogen (secondary N) is 2. The summed E-state index contributed by atoms with van der Waals surface area (Å²) in [4.78, 5) is 40.8. The number of nitro groups is 1. The smallest absolute Gasteiger partial charge is 0.270 e.